The quantitative estimate of drug-likeness (QED) is 0.888. The monoisotopic (exact) mass is 327 g/mol. The molecule has 0 aliphatic carbocycles. The van der Waals surface area contributed by atoms with Gasteiger partial charge in [0.05, 0.1) is 10.8 Å². The molecule has 120 valence electrons. The van der Waals surface area contributed by atoms with Gasteiger partial charge in [-0.3, -0.25) is 4.79 Å². The molecule has 2 aliphatic heterocycles. The molecule has 2 heterocycles. The summed E-state index contributed by atoms with van der Waals surface area (Å²) in [7, 11) is -3.73. The number of benzene rings is 1. The van der Waals surface area contributed by atoms with Crippen LogP contribution >= 0.6 is 0 Å². The van der Waals surface area contributed by atoms with E-state index in [1.807, 2.05) is 0 Å². The summed E-state index contributed by atoms with van der Waals surface area (Å²) >= 11 is 0. The summed E-state index contributed by atoms with van der Waals surface area (Å²) in [5.74, 6) is -0.686. The Balaban J connectivity index is 1.87. The third kappa shape index (κ3) is 2.76. The minimum atomic E-state index is -3.73. The maximum absolute atomic E-state index is 12.7. The van der Waals surface area contributed by atoms with Crippen molar-refractivity contribution in [3.05, 3.63) is 18.2 Å². The topological polar surface area (TPSA) is 93.1 Å². The zero-order valence-electron chi connectivity index (χ0n) is 11.9. The highest BCUT2D eigenvalue weighted by molar-refractivity contribution is 7.89. The number of nitrogens with zero attached hydrogens (tertiary/aromatic N) is 1. The molecule has 0 bridgehead atoms. The molecule has 1 aromatic rings. The second kappa shape index (κ2) is 5.77. The number of sulfonamides is 1. The Morgan fingerprint density at radius 2 is 1.95 bits per heavy atom. The Bertz CT molecular complexity index is 687. The van der Waals surface area contributed by atoms with Crippen molar-refractivity contribution in [1.82, 2.24) is 4.31 Å². The third-order valence-corrected chi connectivity index (χ3v) is 5.75. The molecule has 0 aromatic heterocycles. The average Bonchev–Trinajstić information content (AvgIpc) is 2.54. The van der Waals surface area contributed by atoms with Crippen molar-refractivity contribution in [2.24, 2.45) is 5.92 Å². The van der Waals surface area contributed by atoms with Gasteiger partial charge in [0.15, 0.2) is 11.5 Å². The van der Waals surface area contributed by atoms with Gasteiger partial charge < -0.3 is 14.6 Å². The van der Waals surface area contributed by atoms with Crippen LogP contribution in [-0.2, 0) is 14.8 Å². The maximum Gasteiger partial charge on any atom is 0.307 e. The van der Waals surface area contributed by atoms with E-state index in [0.717, 1.165) is 0 Å². The number of carbonyl (C=O) groups is 1. The summed E-state index contributed by atoms with van der Waals surface area (Å²) in [6.45, 7) is 1.15. The summed E-state index contributed by atoms with van der Waals surface area (Å²) in [5, 5.41) is 9.09. The summed E-state index contributed by atoms with van der Waals surface area (Å²) in [4.78, 5) is 11.2. The molecule has 8 heteroatoms. The lowest BCUT2D eigenvalue weighted by molar-refractivity contribution is -0.142. The second-order valence-electron chi connectivity index (χ2n) is 5.35. The predicted octanol–water partition coefficient (Wildman–Crippen LogP) is 0.943. The SMILES string of the molecule is O=C(O)[C@H]1CCCN(S(=O)(=O)c2ccc3c(c2)OCCO3)C1. The van der Waals surface area contributed by atoms with Crippen LogP contribution in [0.1, 0.15) is 12.8 Å². The van der Waals surface area contributed by atoms with Crippen LogP contribution in [0.3, 0.4) is 0 Å². The van der Waals surface area contributed by atoms with Crippen LogP contribution < -0.4 is 9.47 Å². The van der Waals surface area contributed by atoms with Gasteiger partial charge in [-0.2, -0.15) is 4.31 Å². The number of hydrogen-bond donors (Lipinski definition) is 1. The average molecular weight is 327 g/mol. The van der Waals surface area contributed by atoms with Crippen molar-refractivity contribution in [1.29, 1.82) is 0 Å². The molecule has 3 rings (SSSR count). The van der Waals surface area contributed by atoms with Crippen LogP contribution in [0.4, 0.5) is 0 Å². The molecule has 1 N–H and O–H groups in total. The van der Waals surface area contributed by atoms with E-state index in [2.05, 4.69) is 0 Å². The van der Waals surface area contributed by atoms with E-state index in [-0.39, 0.29) is 11.4 Å². The lowest BCUT2D eigenvalue weighted by atomic mass is 10.0. The first-order chi connectivity index (χ1) is 10.5. The molecule has 0 radical (unpaired) electrons. The summed E-state index contributed by atoms with van der Waals surface area (Å²) in [5.41, 5.74) is 0. The van der Waals surface area contributed by atoms with Crippen LogP contribution in [0.5, 0.6) is 11.5 Å². The second-order valence-corrected chi connectivity index (χ2v) is 7.28. The van der Waals surface area contributed by atoms with Gasteiger partial charge in [0, 0.05) is 19.2 Å². The van der Waals surface area contributed by atoms with Crippen LogP contribution in [0.25, 0.3) is 0 Å². The zero-order valence-corrected chi connectivity index (χ0v) is 12.7. The Morgan fingerprint density at radius 1 is 1.23 bits per heavy atom. The van der Waals surface area contributed by atoms with E-state index in [1.165, 1.54) is 16.4 Å². The number of hydrogen-bond acceptors (Lipinski definition) is 5. The maximum atomic E-state index is 12.7. The molecule has 0 spiro atoms. The Morgan fingerprint density at radius 3 is 2.68 bits per heavy atom. The minimum absolute atomic E-state index is 0.00606. The highest BCUT2D eigenvalue weighted by Gasteiger charge is 2.33. The van der Waals surface area contributed by atoms with Crippen LogP contribution in [0.2, 0.25) is 0 Å². The molecule has 7 nitrogen and oxygen atoms in total. The summed E-state index contributed by atoms with van der Waals surface area (Å²) in [6.07, 6.45) is 1.04. The molecular weight excluding hydrogens is 310 g/mol. The highest BCUT2D eigenvalue weighted by atomic mass is 32.2. The molecule has 22 heavy (non-hydrogen) atoms. The van der Waals surface area contributed by atoms with Crippen LogP contribution in [-0.4, -0.2) is 50.1 Å². The van der Waals surface area contributed by atoms with Crippen molar-refractivity contribution < 1.29 is 27.8 Å². The fraction of sp³-hybridized carbons (Fsp3) is 0.500. The largest absolute Gasteiger partial charge is 0.486 e. The van der Waals surface area contributed by atoms with Crippen molar-refractivity contribution in [3.8, 4) is 11.5 Å². The molecule has 1 atom stereocenters. The molecule has 1 fully saturated rings. The van der Waals surface area contributed by atoms with Crippen molar-refractivity contribution in [2.45, 2.75) is 17.7 Å². The number of carboxylic acid groups (broad SMARTS) is 1. The zero-order chi connectivity index (χ0) is 15.7. The fourth-order valence-corrected chi connectivity index (χ4v) is 4.24. The third-order valence-electron chi connectivity index (χ3n) is 3.88. The molecule has 0 saturated carbocycles. The van der Waals surface area contributed by atoms with Gasteiger partial charge >= 0.3 is 5.97 Å². The van der Waals surface area contributed by atoms with E-state index in [0.29, 0.717) is 44.1 Å². The fourth-order valence-electron chi connectivity index (χ4n) is 2.70. The molecule has 0 unspecified atom stereocenters. The lowest BCUT2D eigenvalue weighted by Crippen LogP contribution is -2.42. The lowest BCUT2D eigenvalue weighted by Gasteiger charge is -2.30. The highest BCUT2D eigenvalue weighted by Crippen LogP contribution is 2.34. The number of rotatable bonds is 3. The van der Waals surface area contributed by atoms with Gasteiger partial charge in [0.1, 0.15) is 13.2 Å². The van der Waals surface area contributed by atoms with Gasteiger partial charge in [-0.25, -0.2) is 8.42 Å². The van der Waals surface area contributed by atoms with E-state index >= 15 is 0 Å². The molecule has 1 saturated heterocycles. The van der Waals surface area contributed by atoms with E-state index in [9.17, 15) is 13.2 Å². The standard InChI is InChI=1S/C14H17NO6S/c16-14(17)10-2-1-5-15(9-10)22(18,19)11-3-4-12-13(8-11)21-7-6-20-12/h3-4,8,10H,1-2,5-7,9H2,(H,16,17)/t10-/m0/s1. The van der Waals surface area contributed by atoms with Crippen LogP contribution in [0, 0.1) is 5.92 Å². The molecular formula is C14H17NO6S. The van der Waals surface area contributed by atoms with Gasteiger partial charge in [0.2, 0.25) is 10.0 Å². The van der Waals surface area contributed by atoms with Gasteiger partial charge in [-0.15, -0.1) is 0 Å². The number of fused-ring (bicyclic) bond motifs is 1. The van der Waals surface area contributed by atoms with E-state index < -0.39 is 21.9 Å². The van der Waals surface area contributed by atoms with Crippen molar-refractivity contribution >= 4 is 16.0 Å². The Hall–Kier alpha value is -1.80. The predicted molar refractivity (Wildman–Crippen MR) is 76.6 cm³/mol. The van der Waals surface area contributed by atoms with Crippen LogP contribution in [0.15, 0.2) is 23.1 Å². The normalized spacial score (nSPS) is 22.3. The Labute approximate surface area is 128 Å². The Kier molecular flexibility index (Phi) is 3.96. The summed E-state index contributed by atoms with van der Waals surface area (Å²) in [6, 6.07) is 4.47. The first kappa shape index (κ1) is 15.1. The minimum Gasteiger partial charge on any atom is -0.486 e. The first-order valence-corrected chi connectivity index (χ1v) is 8.55. The smallest absolute Gasteiger partial charge is 0.307 e. The van der Waals surface area contributed by atoms with E-state index in [1.54, 1.807) is 6.07 Å². The number of piperidine rings is 1. The van der Waals surface area contributed by atoms with Gasteiger partial charge in [0.25, 0.3) is 0 Å². The van der Waals surface area contributed by atoms with Gasteiger partial charge in [-0.1, -0.05) is 0 Å². The van der Waals surface area contributed by atoms with Gasteiger partial charge in [-0.05, 0) is 25.0 Å². The summed E-state index contributed by atoms with van der Waals surface area (Å²) < 4.78 is 37.4. The van der Waals surface area contributed by atoms with Crippen molar-refractivity contribution in [3.63, 3.8) is 0 Å². The molecule has 1 aromatic carbocycles. The molecule has 0 amide bonds. The molecule has 2 aliphatic rings. The number of aliphatic carboxylic acids is 1. The van der Waals surface area contributed by atoms with E-state index in [4.69, 9.17) is 14.6 Å². The number of carboxylic acids is 1. The first-order valence-electron chi connectivity index (χ1n) is 7.11. The number of ether oxygens (including phenoxy) is 2. The van der Waals surface area contributed by atoms with Crippen molar-refractivity contribution in [2.75, 3.05) is 26.3 Å².